The minimum absolute atomic E-state index is 0.0372. The number of anilines is 1. The lowest BCUT2D eigenvalue weighted by molar-refractivity contribution is -0.133. The number of benzene rings is 1. The van der Waals surface area contributed by atoms with Crippen LogP contribution in [0.4, 0.5) is 5.82 Å². The molecule has 5 aliphatic rings. The summed E-state index contributed by atoms with van der Waals surface area (Å²) in [5, 5.41) is 14.8. The van der Waals surface area contributed by atoms with Crippen molar-refractivity contribution in [3.8, 4) is 0 Å². The first kappa shape index (κ1) is 22.9. The molecule has 1 aromatic carbocycles. The normalized spacial score (nSPS) is 30.6. The van der Waals surface area contributed by atoms with Crippen LogP contribution in [0.5, 0.6) is 0 Å². The number of carbonyl (C=O) groups is 1. The Bertz CT molecular complexity index is 1040. The van der Waals surface area contributed by atoms with Crippen LogP contribution in [-0.4, -0.2) is 51.1 Å². The van der Waals surface area contributed by atoms with Crippen molar-refractivity contribution < 1.29 is 9.90 Å². The first-order valence-electron chi connectivity index (χ1n) is 13.3. The topological polar surface area (TPSA) is 104 Å². The van der Waals surface area contributed by atoms with Gasteiger partial charge in [-0.3, -0.25) is 4.79 Å². The predicted octanol–water partition coefficient (Wildman–Crippen LogP) is 2.92. The SMILES string of the molecule is NC(Cc1ccccc1)C(=O)N1CCc2c(ncnc2NCC(O)C23CC4CC(CC(C4)C2)C3)C1. The third-order valence-electron chi connectivity index (χ3n) is 9.19. The third-order valence-corrected chi connectivity index (χ3v) is 9.19. The molecule has 4 bridgehead atoms. The summed E-state index contributed by atoms with van der Waals surface area (Å²) in [6.07, 6.45) is 10.1. The lowest BCUT2D eigenvalue weighted by Gasteiger charge is -2.58. The second kappa shape index (κ2) is 9.17. The van der Waals surface area contributed by atoms with E-state index in [0.717, 1.165) is 40.4 Å². The summed E-state index contributed by atoms with van der Waals surface area (Å²) in [4.78, 5) is 23.8. The zero-order chi connectivity index (χ0) is 24.0. The summed E-state index contributed by atoms with van der Waals surface area (Å²) in [6, 6.07) is 9.34. The molecule has 0 radical (unpaired) electrons. The summed E-state index contributed by atoms with van der Waals surface area (Å²) < 4.78 is 0. The van der Waals surface area contributed by atoms with Crippen molar-refractivity contribution in [3.63, 3.8) is 0 Å². The van der Waals surface area contributed by atoms with Gasteiger partial charge >= 0.3 is 0 Å². The highest BCUT2D eigenvalue weighted by molar-refractivity contribution is 5.82. The molecule has 2 unspecified atom stereocenters. The monoisotopic (exact) mass is 475 g/mol. The van der Waals surface area contributed by atoms with Gasteiger partial charge in [0.05, 0.1) is 24.4 Å². The van der Waals surface area contributed by atoms with Crippen molar-refractivity contribution in [2.75, 3.05) is 18.4 Å². The Kier molecular flexibility index (Phi) is 6.01. The van der Waals surface area contributed by atoms with Gasteiger partial charge in [0.2, 0.25) is 5.91 Å². The van der Waals surface area contributed by atoms with Crippen LogP contribution < -0.4 is 11.1 Å². The van der Waals surface area contributed by atoms with Crippen molar-refractivity contribution in [2.45, 2.75) is 70.1 Å². The highest BCUT2D eigenvalue weighted by Gasteiger charge is 2.53. The van der Waals surface area contributed by atoms with E-state index in [0.29, 0.717) is 32.5 Å². The molecule has 7 nitrogen and oxygen atoms in total. The number of nitrogens with zero attached hydrogens (tertiary/aromatic N) is 3. The molecule has 4 aliphatic carbocycles. The van der Waals surface area contributed by atoms with E-state index in [1.807, 2.05) is 35.2 Å². The summed E-state index contributed by atoms with van der Waals surface area (Å²) in [6.45, 7) is 1.58. The van der Waals surface area contributed by atoms with Crippen LogP contribution in [-0.2, 0) is 24.2 Å². The van der Waals surface area contributed by atoms with Gasteiger partial charge in [0, 0.05) is 18.7 Å². The van der Waals surface area contributed by atoms with Crippen molar-refractivity contribution in [2.24, 2.45) is 28.9 Å². The molecule has 4 N–H and O–H groups in total. The lowest BCUT2D eigenvalue weighted by atomic mass is 9.48. The maximum atomic E-state index is 13.0. The van der Waals surface area contributed by atoms with Crippen LogP contribution >= 0.6 is 0 Å². The maximum absolute atomic E-state index is 13.0. The van der Waals surface area contributed by atoms with Gasteiger partial charge in [0.15, 0.2) is 0 Å². The standard InChI is InChI=1S/C28H37N5O2/c29-23(11-18-4-2-1-3-5-18)27(35)33-7-6-22-24(16-33)31-17-32-26(22)30-15-25(34)28-12-19-8-20(13-28)10-21(9-19)14-28/h1-5,17,19-21,23,25,34H,6-16,29H2,(H,30,31,32). The van der Waals surface area contributed by atoms with E-state index in [4.69, 9.17) is 5.73 Å². The minimum atomic E-state index is -0.561. The molecule has 7 heteroatoms. The van der Waals surface area contributed by atoms with Gasteiger partial charge in [-0.05, 0) is 80.1 Å². The largest absolute Gasteiger partial charge is 0.391 e. The molecule has 0 spiro atoms. The van der Waals surface area contributed by atoms with Gasteiger partial charge in [0.25, 0.3) is 0 Å². The third kappa shape index (κ3) is 4.45. The van der Waals surface area contributed by atoms with Gasteiger partial charge in [-0.15, -0.1) is 0 Å². The highest BCUT2D eigenvalue weighted by Crippen LogP contribution is 2.61. The number of carbonyl (C=O) groups excluding carboxylic acids is 1. The lowest BCUT2D eigenvalue weighted by Crippen LogP contribution is -2.53. The maximum Gasteiger partial charge on any atom is 0.240 e. The van der Waals surface area contributed by atoms with Crippen LogP contribution in [0, 0.1) is 23.2 Å². The van der Waals surface area contributed by atoms with E-state index in [1.165, 1.54) is 38.5 Å². The van der Waals surface area contributed by atoms with Crippen molar-refractivity contribution in [1.82, 2.24) is 14.9 Å². The average Bonchev–Trinajstić information content (AvgIpc) is 2.86. The number of aliphatic hydroxyl groups is 1. The van der Waals surface area contributed by atoms with Gasteiger partial charge in [-0.2, -0.15) is 0 Å². The van der Waals surface area contributed by atoms with Crippen LogP contribution in [0.3, 0.4) is 0 Å². The van der Waals surface area contributed by atoms with E-state index >= 15 is 0 Å². The number of hydrogen-bond acceptors (Lipinski definition) is 6. The number of rotatable bonds is 7. The number of aromatic nitrogens is 2. The van der Waals surface area contributed by atoms with Crippen molar-refractivity contribution in [3.05, 3.63) is 53.5 Å². The molecular weight excluding hydrogens is 438 g/mol. The Labute approximate surface area is 207 Å². The fourth-order valence-corrected chi connectivity index (χ4v) is 7.88. The molecule has 1 aromatic heterocycles. The quantitative estimate of drug-likeness (QED) is 0.569. The number of fused-ring (bicyclic) bond motifs is 1. The molecule has 0 saturated heterocycles. The first-order valence-corrected chi connectivity index (χ1v) is 13.3. The average molecular weight is 476 g/mol. The highest BCUT2D eigenvalue weighted by atomic mass is 16.3. The minimum Gasteiger partial charge on any atom is -0.391 e. The smallest absolute Gasteiger partial charge is 0.240 e. The Morgan fingerprint density at radius 2 is 1.80 bits per heavy atom. The van der Waals surface area contributed by atoms with E-state index in [2.05, 4.69) is 15.3 Å². The Balaban J connectivity index is 1.09. The van der Waals surface area contributed by atoms with E-state index in [-0.39, 0.29) is 17.4 Å². The zero-order valence-electron chi connectivity index (χ0n) is 20.4. The molecule has 35 heavy (non-hydrogen) atoms. The van der Waals surface area contributed by atoms with Crippen LogP contribution in [0.1, 0.15) is 55.3 Å². The Morgan fingerprint density at radius 3 is 2.49 bits per heavy atom. The van der Waals surface area contributed by atoms with Crippen molar-refractivity contribution in [1.29, 1.82) is 0 Å². The van der Waals surface area contributed by atoms with Crippen LogP contribution in [0.25, 0.3) is 0 Å². The fourth-order valence-electron chi connectivity index (χ4n) is 7.88. The molecule has 4 fully saturated rings. The van der Waals surface area contributed by atoms with Gasteiger partial charge in [0.1, 0.15) is 12.1 Å². The van der Waals surface area contributed by atoms with E-state index < -0.39 is 6.04 Å². The van der Waals surface area contributed by atoms with Gasteiger partial charge in [-0.25, -0.2) is 9.97 Å². The summed E-state index contributed by atoms with van der Waals surface area (Å²) in [7, 11) is 0. The van der Waals surface area contributed by atoms with E-state index in [9.17, 15) is 9.90 Å². The second-order valence-corrected chi connectivity index (χ2v) is 11.6. The number of hydrogen-bond donors (Lipinski definition) is 3. The first-order chi connectivity index (χ1) is 17.0. The molecule has 1 aliphatic heterocycles. The predicted molar refractivity (Wildman–Crippen MR) is 134 cm³/mol. The van der Waals surface area contributed by atoms with Gasteiger partial charge < -0.3 is 21.1 Å². The molecular formula is C28H37N5O2. The molecule has 1 amide bonds. The van der Waals surface area contributed by atoms with Crippen molar-refractivity contribution >= 4 is 11.7 Å². The number of amides is 1. The molecule has 4 saturated carbocycles. The second-order valence-electron chi connectivity index (χ2n) is 11.6. The zero-order valence-corrected chi connectivity index (χ0v) is 20.4. The summed E-state index contributed by atoms with van der Waals surface area (Å²) in [5.74, 6) is 3.22. The molecule has 186 valence electrons. The Hall–Kier alpha value is -2.51. The summed E-state index contributed by atoms with van der Waals surface area (Å²) in [5.41, 5.74) is 9.36. The van der Waals surface area contributed by atoms with Gasteiger partial charge in [-0.1, -0.05) is 30.3 Å². The molecule has 2 atom stereocenters. The summed E-state index contributed by atoms with van der Waals surface area (Å²) >= 11 is 0. The molecule has 2 heterocycles. The number of nitrogens with one attached hydrogen (secondary N) is 1. The van der Waals surface area contributed by atoms with Crippen LogP contribution in [0.2, 0.25) is 0 Å². The van der Waals surface area contributed by atoms with Crippen LogP contribution in [0.15, 0.2) is 36.7 Å². The number of aliphatic hydroxyl groups excluding tert-OH is 1. The van der Waals surface area contributed by atoms with E-state index in [1.54, 1.807) is 6.33 Å². The number of nitrogens with two attached hydrogens (primary N) is 1. The molecule has 7 rings (SSSR count). The fraction of sp³-hybridized carbons (Fsp3) is 0.607. The molecule has 2 aromatic rings. The Morgan fingerprint density at radius 1 is 1.11 bits per heavy atom.